The Kier molecular flexibility index (Phi) is 7.63. The first-order valence-electron chi connectivity index (χ1n) is 10.2. The van der Waals surface area contributed by atoms with Crippen molar-refractivity contribution in [3.05, 3.63) is 71.3 Å². The Morgan fingerprint density at radius 3 is 2.40 bits per heavy atom. The first kappa shape index (κ1) is 21.6. The van der Waals surface area contributed by atoms with E-state index in [0.717, 1.165) is 50.5 Å². The van der Waals surface area contributed by atoms with E-state index >= 15 is 0 Å². The molecular formula is C24H29N3O3. The van der Waals surface area contributed by atoms with Gasteiger partial charge in [-0.05, 0) is 47.9 Å². The molecule has 0 atom stereocenters. The second-order valence-corrected chi connectivity index (χ2v) is 7.34. The number of rotatable bonds is 6. The zero-order valence-corrected chi connectivity index (χ0v) is 17.6. The van der Waals surface area contributed by atoms with E-state index in [4.69, 9.17) is 4.74 Å². The molecule has 0 unspecified atom stereocenters. The normalized spacial score (nSPS) is 15.1. The number of benzene rings is 2. The van der Waals surface area contributed by atoms with Crippen LogP contribution in [0.1, 0.15) is 27.9 Å². The van der Waals surface area contributed by atoms with E-state index in [9.17, 15) is 9.59 Å². The molecule has 0 radical (unpaired) electrons. The molecule has 0 aromatic heterocycles. The van der Waals surface area contributed by atoms with Gasteiger partial charge in [0.1, 0.15) is 5.75 Å². The maximum absolute atomic E-state index is 12.6. The van der Waals surface area contributed by atoms with Gasteiger partial charge in [0.05, 0.1) is 7.11 Å². The number of amides is 2. The molecule has 0 aliphatic carbocycles. The minimum absolute atomic E-state index is 0.0247. The standard InChI is InChI=1S/C24H29N3O3/c1-25-24(29)21-9-4-19(5-10-21)8-13-23(28)27-15-3-14-26(16-17-27)18-20-6-11-22(30-2)12-7-20/h4-13H,3,14-18H2,1-2H3,(H,25,29)/b13-8+. The summed E-state index contributed by atoms with van der Waals surface area (Å²) in [4.78, 5) is 28.5. The Morgan fingerprint density at radius 2 is 1.73 bits per heavy atom. The van der Waals surface area contributed by atoms with E-state index in [0.29, 0.717) is 5.56 Å². The van der Waals surface area contributed by atoms with Crippen molar-refractivity contribution in [1.29, 1.82) is 0 Å². The first-order chi connectivity index (χ1) is 14.6. The average Bonchev–Trinajstić information content (AvgIpc) is 3.03. The van der Waals surface area contributed by atoms with Crippen LogP contribution in [0.15, 0.2) is 54.6 Å². The van der Waals surface area contributed by atoms with Crippen molar-refractivity contribution in [3.8, 4) is 5.75 Å². The Labute approximate surface area is 178 Å². The summed E-state index contributed by atoms with van der Waals surface area (Å²) in [6.45, 7) is 4.18. The quantitative estimate of drug-likeness (QED) is 0.748. The predicted octanol–water partition coefficient (Wildman–Crippen LogP) is 2.80. The summed E-state index contributed by atoms with van der Waals surface area (Å²) in [6, 6.07) is 15.3. The van der Waals surface area contributed by atoms with Crippen LogP contribution in [0.4, 0.5) is 0 Å². The van der Waals surface area contributed by atoms with Gasteiger partial charge in [-0.3, -0.25) is 14.5 Å². The number of carbonyl (C=O) groups is 2. The second-order valence-electron chi connectivity index (χ2n) is 7.34. The van der Waals surface area contributed by atoms with E-state index in [-0.39, 0.29) is 11.8 Å². The largest absolute Gasteiger partial charge is 0.497 e. The van der Waals surface area contributed by atoms with Gasteiger partial charge in [0, 0.05) is 51.4 Å². The van der Waals surface area contributed by atoms with Gasteiger partial charge >= 0.3 is 0 Å². The fourth-order valence-electron chi connectivity index (χ4n) is 3.50. The Bertz CT molecular complexity index is 876. The van der Waals surface area contributed by atoms with Crippen molar-refractivity contribution >= 4 is 17.9 Å². The molecule has 0 spiro atoms. The van der Waals surface area contributed by atoms with Crippen LogP contribution >= 0.6 is 0 Å². The van der Waals surface area contributed by atoms with E-state index in [1.165, 1.54) is 5.56 Å². The summed E-state index contributed by atoms with van der Waals surface area (Å²) in [6.07, 6.45) is 4.38. The summed E-state index contributed by atoms with van der Waals surface area (Å²) in [5.41, 5.74) is 2.74. The summed E-state index contributed by atoms with van der Waals surface area (Å²) in [7, 11) is 3.28. The summed E-state index contributed by atoms with van der Waals surface area (Å²) in [5, 5.41) is 2.60. The zero-order chi connectivity index (χ0) is 21.3. The number of hydrogen-bond acceptors (Lipinski definition) is 4. The lowest BCUT2D eigenvalue weighted by Gasteiger charge is -2.21. The minimum atomic E-state index is -0.120. The molecule has 158 valence electrons. The second kappa shape index (κ2) is 10.6. The van der Waals surface area contributed by atoms with Gasteiger partial charge in [-0.15, -0.1) is 0 Å². The third-order valence-electron chi connectivity index (χ3n) is 5.28. The third-order valence-corrected chi connectivity index (χ3v) is 5.28. The van der Waals surface area contributed by atoms with Crippen LogP contribution in [0.2, 0.25) is 0 Å². The molecule has 2 amide bonds. The van der Waals surface area contributed by atoms with Crippen LogP contribution in [0.25, 0.3) is 6.08 Å². The van der Waals surface area contributed by atoms with Crippen molar-refractivity contribution < 1.29 is 14.3 Å². The lowest BCUT2D eigenvalue weighted by atomic mass is 10.1. The Hall–Kier alpha value is -3.12. The minimum Gasteiger partial charge on any atom is -0.497 e. The predicted molar refractivity (Wildman–Crippen MR) is 118 cm³/mol. The number of hydrogen-bond donors (Lipinski definition) is 1. The highest BCUT2D eigenvalue weighted by atomic mass is 16.5. The molecule has 30 heavy (non-hydrogen) atoms. The highest BCUT2D eigenvalue weighted by Crippen LogP contribution is 2.15. The van der Waals surface area contributed by atoms with Gasteiger partial charge < -0.3 is 15.0 Å². The van der Waals surface area contributed by atoms with Crippen LogP contribution in [0, 0.1) is 0 Å². The van der Waals surface area contributed by atoms with Crippen molar-refractivity contribution in [2.45, 2.75) is 13.0 Å². The Balaban J connectivity index is 1.52. The molecule has 1 heterocycles. The van der Waals surface area contributed by atoms with Crippen LogP contribution in [-0.2, 0) is 11.3 Å². The van der Waals surface area contributed by atoms with Crippen LogP contribution in [0.3, 0.4) is 0 Å². The maximum atomic E-state index is 12.6. The summed E-state index contributed by atoms with van der Waals surface area (Å²) < 4.78 is 5.21. The molecule has 1 fully saturated rings. The van der Waals surface area contributed by atoms with Gasteiger partial charge in [0.15, 0.2) is 0 Å². The van der Waals surface area contributed by atoms with Gasteiger partial charge in [0.2, 0.25) is 5.91 Å². The third kappa shape index (κ3) is 5.94. The molecule has 6 heteroatoms. The molecule has 1 N–H and O–H groups in total. The number of nitrogens with one attached hydrogen (secondary N) is 1. The van der Waals surface area contributed by atoms with E-state index < -0.39 is 0 Å². The van der Waals surface area contributed by atoms with Crippen molar-refractivity contribution in [1.82, 2.24) is 15.1 Å². The average molecular weight is 408 g/mol. The topological polar surface area (TPSA) is 61.9 Å². The fraction of sp³-hybridized carbons (Fsp3) is 0.333. The molecule has 1 saturated heterocycles. The highest BCUT2D eigenvalue weighted by molar-refractivity contribution is 5.94. The fourth-order valence-corrected chi connectivity index (χ4v) is 3.50. The van der Waals surface area contributed by atoms with Crippen LogP contribution < -0.4 is 10.1 Å². The molecule has 1 aliphatic rings. The van der Waals surface area contributed by atoms with E-state index in [1.54, 1.807) is 38.4 Å². The first-order valence-corrected chi connectivity index (χ1v) is 10.2. The number of carbonyl (C=O) groups excluding carboxylic acids is 2. The summed E-state index contributed by atoms with van der Waals surface area (Å²) >= 11 is 0. The van der Waals surface area contributed by atoms with Gasteiger partial charge in [-0.1, -0.05) is 24.3 Å². The number of ether oxygens (including phenoxy) is 1. The van der Waals surface area contributed by atoms with Crippen molar-refractivity contribution in [2.75, 3.05) is 40.3 Å². The monoisotopic (exact) mass is 407 g/mol. The molecule has 3 rings (SSSR count). The summed E-state index contributed by atoms with van der Waals surface area (Å²) in [5.74, 6) is 0.767. The molecule has 6 nitrogen and oxygen atoms in total. The molecular weight excluding hydrogens is 378 g/mol. The molecule has 0 bridgehead atoms. The van der Waals surface area contributed by atoms with E-state index in [1.807, 2.05) is 29.2 Å². The van der Waals surface area contributed by atoms with Crippen LogP contribution in [0.5, 0.6) is 5.75 Å². The molecule has 0 saturated carbocycles. The lowest BCUT2D eigenvalue weighted by molar-refractivity contribution is -0.125. The number of methoxy groups -OCH3 is 1. The van der Waals surface area contributed by atoms with E-state index in [2.05, 4.69) is 22.3 Å². The van der Waals surface area contributed by atoms with Gasteiger partial charge in [-0.25, -0.2) is 0 Å². The van der Waals surface area contributed by atoms with Crippen molar-refractivity contribution in [2.24, 2.45) is 0 Å². The SMILES string of the molecule is CNC(=O)c1ccc(/C=C/C(=O)N2CCCN(Cc3ccc(OC)cc3)CC2)cc1. The van der Waals surface area contributed by atoms with Gasteiger partial charge in [0.25, 0.3) is 5.91 Å². The van der Waals surface area contributed by atoms with Gasteiger partial charge in [-0.2, -0.15) is 0 Å². The number of nitrogens with zero attached hydrogens (tertiary/aromatic N) is 2. The van der Waals surface area contributed by atoms with Crippen LogP contribution in [-0.4, -0.2) is 62.0 Å². The lowest BCUT2D eigenvalue weighted by Crippen LogP contribution is -2.34. The Morgan fingerprint density at radius 1 is 1.00 bits per heavy atom. The molecule has 2 aromatic carbocycles. The van der Waals surface area contributed by atoms with Crippen molar-refractivity contribution in [3.63, 3.8) is 0 Å². The molecule has 2 aromatic rings. The maximum Gasteiger partial charge on any atom is 0.251 e. The molecule has 1 aliphatic heterocycles. The zero-order valence-electron chi connectivity index (χ0n) is 17.6. The highest BCUT2D eigenvalue weighted by Gasteiger charge is 2.17. The smallest absolute Gasteiger partial charge is 0.251 e.